The van der Waals surface area contributed by atoms with Gasteiger partial charge in [-0.25, -0.2) is 5.84 Å². The lowest BCUT2D eigenvalue weighted by Gasteiger charge is -2.42. The summed E-state index contributed by atoms with van der Waals surface area (Å²) in [6.07, 6.45) is 8.84. The summed E-state index contributed by atoms with van der Waals surface area (Å²) < 4.78 is 6.19. The van der Waals surface area contributed by atoms with Crippen LogP contribution in [0.3, 0.4) is 0 Å². The van der Waals surface area contributed by atoms with E-state index in [0.29, 0.717) is 5.70 Å². The van der Waals surface area contributed by atoms with Gasteiger partial charge in [-0.05, 0) is 83.4 Å². The van der Waals surface area contributed by atoms with Gasteiger partial charge >= 0.3 is 0 Å². The average molecular weight is 694 g/mol. The number of rotatable bonds is 7. The minimum atomic E-state index is -0.104. The molecule has 0 saturated carbocycles. The molecule has 0 unspecified atom stereocenters. The Bertz CT molecular complexity index is 2230. The number of hydrazine groups is 1. The molecule has 0 saturated heterocycles. The Hall–Kier alpha value is -6.76. The molecule has 8 rings (SSSR count). The molecule has 0 radical (unpaired) electrons. The first kappa shape index (κ1) is 34.7. The van der Waals surface area contributed by atoms with Crippen LogP contribution in [-0.2, 0) is 5.41 Å². The molecule has 2 aliphatic rings. The van der Waals surface area contributed by atoms with Crippen LogP contribution in [0.1, 0.15) is 30.5 Å². The number of benzene rings is 6. The fourth-order valence-corrected chi connectivity index (χ4v) is 6.98. The summed E-state index contributed by atoms with van der Waals surface area (Å²) in [5.41, 5.74) is 17.7. The molecule has 6 nitrogen and oxygen atoms in total. The molecule has 0 aliphatic carbocycles. The molecule has 0 spiro atoms. The summed E-state index contributed by atoms with van der Waals surface area (Å²) in [5.74, 6) is 8.22. The Morgan fingerprint density at radius 1 is 0.604 bits per heavy atom. The number of hydrogen-bond donors (Lipinski definition) is 2. The van der Waals surface area contributed by atoms with Crippen LogP contribution in [0.15, 0.2) is 189 Å². The van der Waals surface area contributed by atoms with Gasteiger partial charge in [-0.15, -0.1) is 0 Å². The van der Waals surface area contributed by atoms with Gasteiger partial charge < -0.3 is 20.3 Å². The zero-order valence-electron chi connectivity index (χ0n) is 30.1. The monoisotopic (exact) mass is 693 g/mol. The van der Waals surface area contributed by atoms with Gasteiger partial charge in [-0.3, -0.25) is 5.01 Å². The molecule has 0 aromatic heterocycles. The second kappa shape index (κ2) is 14.8. The van der Waals surface area contributed by atoms with Crippen molar-refractivity contribution >= 4 is 45.5 Å². The molecular weight excluding hydrogens is 651 g/mol. The molecular formula is C47H43N5O. The van der Waals surface area contributed by atoms with Crippen molar-refractivity contribution in [3.63, 3.8) is 0 Å². The number of para-hydroxylation sites is 6. The van der Waals surface area contributed by atoms with E-state index in [1.807, 2.05) is 60.7 Å². The van der Waals surface area contributed by atoms with E-state index in [9.17, 15) is 0 Å². The lowest BCUT2D eigenvalue weighted by Crippen LogP contribution is -2.30. The van der Waals surface area contributed by atoms with Crippen LogP contribution >= 0.6 is 0 Å². The van der Waals surface area contributed by atoms with Crippen molar-refractivity contribution in [3.8, 4) is 11.5 Å². The van der Waals surface area contributed by atoms with E-state index >= 15 is 0 Å². The van der Waals surface area contributed by atoms with Gasteiger partial charge in [0.25, 0.3) is 0 Å². The Labute approximate surface area is 312 Å². The molecule has 0 amide bonds. The fraction of sp³-hybridized carbons (Fsp3) is 0.0638. The summed E-state index contributed by atoms with van der Waals surface area (Å²) in [5, 5.41) is 1.57. The van der Waals surface area contributed by atoms with Gasteiger partial charge in [0, 0.05) is 23.0 Å². The van der Waals surface area contributed by atoms with Crippen LogP contribution in [0.5, 0.6) is 11.5 Å². The number of nitrogens with zero attached hydrogens (tertiary/aromatic N) is 3. The number of fused-ring (bicyclic) bond motifs is 4. The molecule has 2 aliphatic heterocycles. The van der Waals surface area contributed by atoms with E-state index in [4.69, 9.17) is 16.3 Å². The average Bonchev–Trinajstić information content (AvgIpc) is 3.20. The standard InChI is InChI=1S/C41H35N5O.C6H8/c1-41(2)32-14-3-5-16-35(32)45(36-17-6-4-15-33(36)41)29-24-22-28(23-25-29)34(42)27-44(43)30-12-11-13-31(26-30)46-37-18-7-9-20-39(37)47-40-21-10-8-19-38(40)46;1-3-5-6-4-2/h3-27H,42-43H2,1-2H3;3-6H,1-2H2/b34-27-;6-5-. The molecule has 262 valence electrons. The van der Waals surface area contributed by atoms with Crippen molar-refractivity contribution in [1.82, 2.24) is 0 Å². The Morgan fingerprint density at radius 3 is 1.64 bits per heavy atom. The summed E-state index contributed by atoms with van der Waals surface area (Å²) in [6, 6.07) is 49.8. The van der Waals surface area contributed by atoms with E-state index in [1.165, 1.54) is 22.5 Å². The third kappa shape index (κ3) is 6.71. The zero-order chi connectivity index (χ0) is 37.0. The molecule has 6 aromatic rings. The number of nitrogens with two attached hydrogens (primary N) is 2. The van der Waals surface area contributed by atoms with E-state index in [2.05, 4.69) is 134 Å². The summed E-state index contributed by atoms with van der Waals surface area (Å²) in [4.78, 5) is 4.53. The lowest BCUT2D eigenvalue weighted by atomic mass is 9.73. The molecule has 0 bridgehead atoms. The van der Waals surface area contributed by atoms with Crippen molar-refractivity contribution in [2.75, 3.05) is 14.8 Å². The normalized spacial score (nSPS) is 13.7. The maximum atomic E-state index is 6.66. The minimum absolute atomic E-state index is 0.104. The van der Waals surface area contributed by atoms with Crippen molar-refractivity contribution in [3.05, 3.63) is 206 Å². The molecule has 0 atom stereocenters. The third-order valence-electron chi connectivity index (χ3n) is 9.58. The highest BCUT2D eigenvalue weighted by Gasteiger charge is 2.36. The first-order chi connectivity index (χ1) is 25.8. The number of hydrogen-bond acceptors (Lipinski definition) is 6. The predicted octanol–water partition coefficient (Wildman–Crippen LogP) is 11.9. The van der Waals surface area contributed by atoms with Gasteiger partial charge in [0.15, 0.2) is 11.5 Å². The first-order valence-electron chi connectivity index (χ1n) is 17.6. The molecule has 2 heterocycles. The molecule has 6 aromatic carbocycles. The maximum Gasteiger partial charge on any atom is 0.151 e. The maximum absolute atomic E-state index is 6.66. The summed E-state index contributed by atoms with van der Waals surface area (Å²) in [7, 11) is 0. The predicted molar refractivity (Wildman–Crippen MR) is 223 cm³/mol. The summed E-state index contributed by atoms with van der Waals surface area (Å²) in [6.45, 7) is 11.5. The van der Waals surface area contributed by atoms with Gasteiger partial charge in [0.2, 0.25) is 0 Å². The number of ether oxygens (including phenoxy) is 1. The van der Waals surface area contributed by atoms with Crippen molar-refractivity contribution in [2.24, 2.45) is 11.6 Å². The van der Waals surface area contributed by atoms with Gasteiger partial charge in [-0.1, -0.05) is 130 Å². The number of allylic oxidation sites excluding steroid dienone is 4. The van der Waals surface area contributed by atoms with E-state index in [0.717, 1.165) is 45.5 Å². The quantitative estimate of drug-likeness (QED) is 0.0984. The van der Waals surface area contributed by atoms with E-state index in [1.54, 1.807) is 23.4 Å². The Balaban J connectivity index is 0.000000672. The highest BCUT2D eigenvalue weighted by molar-refractivity contribution is 5.88. The molecule has 6 heteroatoms. The first-order valence-corrected chi connectivity index (χ1v) is 17.6. The molecule has 4 N–H and O–H groups in total. The van der Waals surface area contributed by atoms with Gasteiger partial charge in [-0.2, -0.15) is 0 Å². The van der Waals surface area contributed by atoms with Crippen molar-refractivity contribution in [1.29, 1.82) is 0 Å². The summed E-state index contributed by atoms with van der Waals surface area (Å²) >= 11 is 0. The molecule has 0 fully saturated rings. The Morgan fingerprint density at radius 2 is 1.09 bits per heavy atom. The second-order valence-corrected chi connectivity index (χ2v) is 13.3. The largest absolute Gasteiger partial charge is 0.453 e. The lowest BCUT2D eigenvalue weighted by molar-refractivity contribution is 0.477. The van der Waals surface area contributed by atoms with Crippen molar-refractivity contribution in [2.45, 2.75) is 19.3 Å². The van der Waals surface area contributed by atoms with Crippen LogP contribution in [0, 0.1) is 0 Å². The number of anilines is 7. The van der Waals surface area contributed by atoms with Crippen LogP contribution in [-0.4, -0.2) is 0 Å². The highest BCUT2D eigenvalue weighted by Crippen LogP contribution is 2.52. The van der Waals surface area contributed by atoms with Crippen LogP contribution in [0.25, 0.3) is 5.70 Å². The van der Waals surface area contributed by atoms with Crippen LogP contribution < -0.4 is 31.1 Å². The zero-order valence-corrected chi connectivity index (χ0v) is 30.1. The van der Waals surface area contributed by atoms with E-state index < -0.39 is 0 Å². The van der Waals surface area contributed by atoms with E-state index in [-0.39, 0.29) is 5.41 Å². The van der Waals surface area contributed by atoms with Gasteiger partial charge in [0.1, 0.15) is 0 Å². The van der Waals surface area contributed by atoms with Crippen LogP contribution in [0.4, 0.5) is 39.8 Å². The third-order valence-corrected chi connectivity index (χ3v) is 9.58. The minimum Gasteiger partial charge on any atom is -0.453 e. The van der Waals surface area contributed by atoms with Crippen molar-refractivity contribution < 1.29 is 4.74 Å². The Kier molecular flexibility index (Phi) is 9.71. The smallest absolute Gasteiger partial charge is 0.151 e. The SMILES string of the molecule is C=C/C=C\C=C.CC1(C)c2ccccc2N(c2ccc(/C(N)=C/N(N)c3cccc(N4c5ccccc5Oc5ccccc54)c3)cc2)c2ccccc21. The highest BCUT2D eigenvalue weighted by atomic mass is 16.5. The topological polar surface area (TPSA) is 71.0 Å². The van der Waals surface area contributed by atoms with Gasteiger partial charge in [0.05, 0.1) is 34.1 Å². The molecule has 53 heavy (non-hydrogen) atoms. The fourth-order valence-electron chi connectivity index (χ4n) is 6.98. The second-order valence-electron chi connectivity index (χ2n) is 13.3. The van der Waals surface area contributed by atoms with Crippen LogP contribution in [0.2, 0.25) is 0 Å².